The monoisotopic (exact) mass is 384 g/mol. The minimum atomic E-state index is -3.67. The molecule has 0 unspecified atom stereocenters. The van der Waals surface area contributed by atoms with Crippen LogP contribution in [0.25, 0.3) is 0 Å². The van der Waals surface area contributed by atoms with Crippen LogP contribution < -0.4 is 10.0 Å². The van der Waals surface area contributed by atoms with Gasteiger partial charge in [0, 0.05) is 12.1 Å². The van der Waals surface area contributed by atoms with E-state index in [1.165, 1.54) is 30.5 Å². The molecule has 7 heteroatoms. The van der Waals surface area contributed by atoms with E-state index in [-0.39, 0.29) is 17.3 Å². The number of carbonyl (C=O) groups is 1. The van der Waals surface area contributed by atoms with Gasteiger partial charge in [0.05, 0.1) is 17.7 Å². The largest absolute Gasteiger partial charge is 0.468 e. The van der Waals surface area contributed by atoms with Gasteiger partial charge in [0.25, 0.3) is 5.91 Å². The van der Waals surface area contributed by atoms with Crippen LogP contribution in [0, 0.1) is 0 Å². The summed E-state index contributed by atoms with van der Waals surface area (Å²) in [5, 5.41) is 2.83. The van der Waals surface area contributed by atoms with E-state index in [4.69, 9.17) is 4.42 Å². The second-order valence-corrected chi connectivity index (χ2v) is 7.69. The van der Waals surface area contributed by atoms with Crippen molar-refractivity contribution in [2.75, 3.05) is 6.54 Å². The van der Waals surface area contributed by atoms with Crippen molar-refractivity contribution in [3.05, 3.63) is 89.9 Å². The number of furan rings is 1. The Labute approximate surface area is 158 Å². The van der Waals surface area contributed by atoms with E-state index < -0.39 is 10.0 Å². The Bertz CT molecular complexity index is 967. The summed E-state index contributed by atoms with van der Waals surface area (Å²) in [4.78, 5) is 12.3. The summed E-state index contributed by atoms with van der Waals surface area (Å²) in [6, 6.07) is 19.1. The van der Waals surface area contributed by atoms with Gasteiger partial charge >= 0.3 is 0 Å². The van der Waals surface area contributed by atoms with Crippen LogP contribution in [-0.4, -0.2) is 20.9 Å². The molecule has 140 valence electrons. The molecule has 0 radical (unpaired) electrons. The predicted octanol–water partition coefficient (Wildman–Crippen LogP) is 2.73. The second-order valence-electron chi connectivity index (χ2n) is 5.92. The topological polar surface area (TPSA) is 88.4 Å². The first-order valence-corrected chi connectivity index (χ1v) is 9.97. The maximum Gasteiger partial charge on any atom is 0.251 e. The molecule has 1 aromatic heterocycles. The lowest BCUT2D eigenvalue weighted by Gasteiger charge is -2.08. The van der Waals surface area contributed by atoms with E-state index in [0.717, 1.165) is 12.0 Å². The highest BCUT2D eigenvalue weighted by Gasteiger charge is 2.15. The Morgan fingerprint density at radius 2 is 1.67 bits per heavy atom. The van der Waals surface area contributed by atoms with Crippen molar-refractivity contribution in [1.29, 1.82) is 0 Å². The summed E-state index contributed by atoms with van der Waals surface area (Å²) < 4.78 is 32.1. The van der Waals surface area contributed by atoms with Gasteiger partial charge in [-0.25, -0.2) is 13.1 Å². The highest BCUT2D eigenvalue weighted by Crippen LogP contribution is 2.12. The third-order valence-electron chi connectivity index (χ3n) is 3.99. The number of hydrogen-bond donors (Lipinski definition) is 2. The molecule has 1 heterocycles. The van der Waals surface area contributed by atoms with E-state index in [1.54, 1.807) is 12.1 Å². The number of hydrogen-bond acceptors (Lipinski definition) is 4. The van der Waals surface area contributed by atoms with Crippen LogP contribution >= 0.6 is 0 Å². The smallest absolute Gasteiger partial charge is 0.251 e. The van der Waals surface area contributed by atoms with Crippen LogP contribution in [0.2, 0.25) is 0 Å². The molecular weight excluding hydrogens is 364 g/mol. The zero-order valence-electron chi connectivity index (χ0n) is 14.6. The SMILES string of the molecule is O=C(NCCc1ccccc1)c1ccc(S(=O)(=O)NCc2ccco2)cc1. The van der Waals surface area contributed by atoms with Crippen LogP contribution in [-0.2, 0) is 23.0 Å². The minimum absolute atomic E-state index is 0.0665. The highest BCUT2D eigenvalue weighted by molar-refractivity contribution is 7.89. The van der Waals surface area contributed by atoms with Gasteiger partial charge in [0.2, 0.25) is 10.0 Å². The molecule has 3 rings (SSSR count). The normalized spacial score (nSPS) is 11.3. The molecule has 0 aliphatic heterocycles. The summed E-state index contributed by atoms with van der Waals surface area (Å²) >= 11 is 0. The number of benzene rings is 2. The maximum atomic E-state index is 12.3. The van der Waals surface area contributed by atoms with E-state index in [2.05, 4.69) is 10.0 Å². The van der Waals surface area contributed by atoms with Gasteiger partial charge in [-0.05, 0) is 48.4 Å². The molecule has 2 aromatic carbocycles. The summed E-state index contributed by atoms with van der Waals surface area (Å²) in [6.45, 7) is 0.574. The molecule has 0 atom stereocenters. The fourth-order valence-corrected chi connectivity index (χ4v) is 3.51. The number of rotatable bonds is 8. The van der Waals surface area contributed by atoms with Gasteiger partial charge < -0.3 is 9.73 Å². The fourth-order valence-electron chi connectivity index (χ4n) is 2.52. The lowest BCUT2D eigenvalue weighted by atomic mass is 10.1. The van der Waals surface area contributed by atoms with E-state index in [1.807, 2.05) is 30.3 Å². The molecule has 6 nitrogen and oxygen atoms in total. The minimum Gasteiger partial charge on any atom is -0.468 e. The number of carbonyl (C=O) groups excluding carboxylic acids is 1. The zero-order valence-corrected chi connectivity index (χ0v) is 15.4. The lowest BCUT2D eigenvalue weighted by Crippen LogP contribution is -2.26. The fraction of sp³-hybridized carbons (Fsp3) is 0.150. The van der Waals surface area contributed by atoms with E-state index >= 15 is 0 Å². The number of nitrogens with one attached hydrogen (secondary N) is 2. The van der Waals surface area contributed by atoms with Crippen molar-refractivity contribution in [2.24, 2.45) is 0 Å². The molecule has 0 fully saturated rings. The molecule has 0 aliphatic rings. The summed E-state index contributed by atoms with van der Waals surface area (Å²) in [5.74, 6) is 0.284. The molecule has 0 aliphatic carbocycles. The lowest BCUT2D eigenvalue weighted by molar-refractivity contribution is 0.0954. The van der Waals surface area contributed by atoms with Crippen LogP contribution in [0.15, 0.2) is 82.3 Å². The Kier molecular flexibility index (Phi) is 6.05. The first-order valence-electron chi connectivity index (χ1n) is 8.49. The average Bonchev–Trinajstić information content (AvgIpc) is 3.21. The maximum absolute atomic E-state index is 12.3. The van der Waals surface area contributed by atoms with Gasteiger partial charge in [-0.2, -0.15) is 0 Å². The molecule has 1 amide bonds. The second kappa shape index (κ2) is 8.66. The van der Waals surface area contributed by atoms with Crippen molar-refractivity contribution < 1.29 is 17.6 Å². The van der Waals surface area contributed by atoms with Gasteiger partial charge in [-0.1, -0.05) is 30.3 Å². The van der Waals surface area contributed by atoms with Crippen molar-refractivity contribution in [3.8, 4) is 0 Å². The standard InChI is InChI=1S/C20H20N2O4S/c23-20(21-13-12-16-5-2-1-3-6-16)17-8-10-19(11-9-17)27(24,25)22-15-18-7-4-14-26-18/h1-11,14,22H,12-13,15H2,(H,21,23). The van der Waals surface area contributed by atoms with E-state index in [9.17, 15) is 13.2 Å². The number of sulfonamides is 1. The van der Waals surface area contributed by atoms with Crippen molar-refractivity contribution in [2.45, 2.75) is 17.9 Å². The summed E-state index contributed by atoms with van der Waals surface area (Å²) in [6.07, 6.45) is 2.21. The quantitative estimate of drug-likeness (QED) is 0.625. The molecular formula is C20H20N2O4S. The van der Waals surface area contributed by atoms with Crippen molar-refractivity contribution in [3.63, 3.8) is 0 Å². The predicted molar refractivity (Wildman–Crippen MR) is 102 cm³/mol. The van der Waals surface area contributed by atoms with Crippen LogP contribution in [0.1, 0.15) is 21.7 Å². The highest BCUT2D eigenvalue weighted by atomic mass is 32.2. The average molecular weight is 384 g/mol. The molecule has 3 aromatic rings. The summed E-state index contributed by atoms with van der Waals surface area (Å²) in [5.41, 5.74) is 1.55. The Balaban J connectivity index is 1.54. The zero-order chi connectivity index (χ0) is 19.1. The van der Waals surface area contributed by atoms with Crippen LogP contribution in [0.5, 0.6) is 0 Å². The molecule has 0 saturated carbocycles. The molecule has 0 saturated heterocycles. The van der Waals surface area contributed by atoms with E-state index in [0.29, 0.717) is 17.9 Å². The first-order chi connectivity index (χ1) is 13.0. The molecule has 0 spiro atoms. The van der Waals surface area contributed by atoms with Crippen LogP contribution in [0.3, 0.4) is 0 Å². The first kappa shape index (κ1) is 18.9. The van der Waals surface area contributed by atoms with Gasteiger partial charge in [0.1, 0.15) is 5.76 Å². The Morgan fingerprint density at radius 1 is 0.926 bits per heavy atom. The van der Waals surface area contributed by atoms with Gasteiger partial charge in [-0.15, -0.1) is 0 Å². The number of amides is 1. The third kappa shape index (κ3) is 5.29. The molecule has 0 bridgehead atoms. The molecule has 27 heavy (non-hydrogen) atoms. The van der Waals surface area contributed by atoms with Gasteiger partial charge in [-0.3, -0.25) is 4.79 Å². The van der Waals surface area contributed by atoms with Crippen LogP contribution in [0.4, 0.5) is 0 Å². The third-order valence-corrected chi connectivity index (χ3v) is 5.40. The Hall–Kier alpha value is -2.90. The van der Waals surface area contributed by atoms with Crippen molar-refractivity contribution >= 4 is 15.9 Å². The van der Waals surface area contributed by atoms with Crippen molar-refractivity contribution in [1.82, 2.24) is 10.0 Å². The van der Waals surface area contributed by atoms with Gasteiger partial charge in [0.15, 0.2) is 0 Å². The Morgan fingerprint density at radius 3 is 2.33 bits per heavy atom. The summed E-state index contributed by atoms with van der Waals surface area (Å²) in [7, 11) is -3.67. The molecule has 2 N–H and O–H groups in total.